The molecule has 1 aliphatic carbocycles. The fourth-order valence-electron chi connectivity index (χ4n) is 1.03. The van der Waals surface area contributed by atoms with Gasteiger partial charge in [-0.2, -0.15) is 0 Å². The van der Waals surface area contributed by atoms with Gasteiger partial charge in [-0.3, -0.25) is 9.59 Å². The van der Waals surface area contributed by atoms with Crippen LogP contribution in [0.5, 0.6) is 0 Å². The van der Waals surface area contributed by atoms with Gasteiger partial charge in [0.1, 0.15) is 6.54 Å². The first-order valence-electron chi connectivity index (χ1n) is 4.96. The van der Waals surface area contributed by atoms with Gasteiger partial charge >= 0.3 is 12.0 Å². The minimum Gasteiger partial charge on any atom is -0.480 e. The highest BCUT2D eigenvalue weighted by molar-refractivity contribution is 5.86. The summed E-state index contributed by atoms with van der Waals surface area (Å²) in [6, 6.07) is -0.412. The van der Waals surface area contributed by atoms with Crippen LogP contribution in [0.1, 0.15) is 19.8 Å². The summed E-state index contributed by atoms with van der Waals surface area (Å²) in [6.45, 7) is 1.24. The SMILES string of the molecule is CC1(NC(=O)NCC(=O)NCC(=O)O)CC1. The summed E-state index contributed by atoms with van der Waals surface area (Å²) in [4.78, 5) is 32.4. The minimum absolute atomic E-state index is 0.137. The fraction of sp³-hybridized carbons (Fsp3) is 0.667. The second kappa shape index (κ2) is 4.82. The zero-order chi connectivity index (χ0) is 12.2. The van der Waals surface area contributed by atoms with E-state index in [1.54, 1.807) is 0 Å². The first-order chi connectivity index (χ1) is 7.41. The predicted octanol–water partition coefficient (Wildman–Crippen LogP) is -0.961. The lowest BCUT2D eigenvalue weighted by Crippen LogP contribution is -2.46. The smallest absolute Gasteiger partial charge is 0.322 e. The maximum absolute atomic E-state index is 11.2. The average Bonchev–Trinajstić information content (AvgIpc) is 2.89. The number of carbonyl (C=O) groups excluding carboxylic acids is 2. The van der Waals surface area contributed by atoms with Crippen molar-refractivity contribution in [3.05, 3.63) is 0 Å². The topological polar surface area (TPSA) is 108 Å². The lowest BCUT2D eigenvalue weighted by atomic mass is 10.3. The van der Waals surface area contributed by atoms with Crippen molar-refractivity contribution in [2.45, 2.75) is 25.3 Å². The molecular formula is C9H15N3O4. The molecule has 0 aliphatic heterocycles. The third-order valence-electron chi connectivity index (χ3n) is 2.26. The van der Waals surface area contributed by atoms with Gasteiger partial charge in [-0.15, -0.1) is 0 Å². The Balaban J connectivity index is 2.11. The second-order valence-corrected chi connectivity index (χ2v) is 4.04. The Labute approximate surface area is 92.6 Å². The van der Waals surface area contributed by atoms with Gasteiger partial charge in [0.25, 0.3) is 0 Å². The second-order valence-electron chi connectivity index (χ2n) is 4.04. The van der Waals surface area contributed by atoms with Crippen molar-refractivity contribution in [1.82, 2.24) is 16.0 Å². The van der Waals surface area contributed by atoms with Crippen molar-refractivity contribution in [3.8, 4) is 0 Å². The maximum atomic E-state index is 11.2. The van der Waals surface area contributed by atoms with Crippen LogP contribution in [0, 0.1) is 0 Å². The quantitative estimate of drug-likeness (QED) is 0.487. The van der Waals surface area contributed by atoms with E-state index in [0.717, 1.165) is 12.8 Å². The number of aliphatic carboxylic acids is 1. The Kier molecular flexibility index (Phi) is 3.70. The van der Waals surface area contributed by atoms with Gasteiger partial charge in [-0.25, -0.2) is 4.79 Å². The molecule has 1 fully saturated rings. The highest BCUT2D eigenvalue weighted by atomic mass is 16.4. The Morgan fingerprint density at radius 3 is 2.31 bits per heavy atom. The number of hydrogen-bond donors (Lipinski definition) is 4. The van der Waals surface area contributed by atoms with Gasteiger partial charge in [0.15, 0.2) is 0 Å². The van der Waals surface area contributed by atoms with Gasteiger partial charge in [0, 0.05) is 5.54 Å². The van der Waals surface area contributed by atoms with Gasteiger partial charge in [0.05, 0.1) is 6.54 Å². The van der Waals surface area contributed by atoms with Crippen molar-refractivity contribution in [1.29, 1.82) is 0 Å². The number of rotatable bonds is 5. The Bertz CT molecular complexity index is 312. The zero-order valence-corrected chi connectivity index (χ0v) is 9.00. The Hall–Kier alpha value is -1.79. The highest BCUT2D eigenvalue weighted by Gasteiger charge is 2.38. The normalized spacial score (nSPS) is 16.1. The van der Waals surface area contributed by atoms with Gasteiger partial charge < -0.3 is 21.1 Å². The molecule has 16 heavy (non-hydrogen) atoms. The molecule has 7 nitrogen and oxygen atoms in total. The molecule has 1 rings (SSSR count). The summed E-state index contributed by atoms with van der Waals surface area (Å²) in [6.07, 6.45) is 1.87. The molecule has 0 aromatic heterocycles. The summed E-state index contributed by atoms with van der Waals surface area (Å²) in [5.74, 6) is -1.65. The maximum Gasteiger partial charge on any atom is 0.322 e. The van der Waals surface area contributed by atoms with Crippen LogP contribution >= 0.6 is 0 Å². The van der Waals surface area contributed by atoms with Gasteiger partial charge in [0.2, 0.25) is 5.91 Å². The Morgan fingerprint density at radius 1 is 1.19 bits per heavy atom. The van der Waals surface area contributed by atoms with E-state index in [0.29, 0.717) is 0 Å². The molecule has 0 spiro atoms. The first kappa shape index (κ1) is 12.3. The molecule has 0 radical (unpaired) electrons. The van der Waals surface area contributed by atoms with Crippen LogP contribution in [0.25, 0.3) is 0 Å². The molecule has 1 saturated carbocycles. The molecule has 4 N–H and O–H groups in total. The molecule has 0 bridgehead atoms. The molecule has 0 saturated heterocycles. The van der Waals surface area contributed by atoms with Gasteiger partial charge in [-0.1, -0.05) is 0 Å². The van der Waals surface area contributed by atoms with Crippen LogP contribution in [-0.2, 0) is 9.59 Å². The largest absolute Gasteiger partial charge is 0.480 e. The molecule has 90 valence electrons. The van der Waals surface area contributed by atoms with E-state index in [1.807, 2.05) is 6.92 Å². The van der Waals surface area contributed by atoms with Crippen LogP contribution in [0.3, 0.4) is 0 Å². The lowest BCUT2D eigenvalue weighted by molar-refractivity contribution is -0.137. The van der Waals surface area contributed by atoms with E-state index >= 15 is 0 Å². The number of nitrogens with one attached hydrogen (secondary N) is 3. The molecule has 0 heterocycles. The Morgan fingerprint density at radius 2 is 1.81 bits per heavy atom. The molecule has 0 unspecified atom stereocenters. The molecule has 1 aliphatic rings. The summed E-state index contributed by atoms with van der Waals surface area (Å²) in [7, 11) is 0. The van der Waals surface area contributed by atoms with E-state index in [9.17, 15) is 14.4 Å². The number of carboxylic acid groups (broad SMARTS) is 1. The minimum atomic E-state index is -1.12. The molecule has 0 aromatic rings. The van der Waals surface area contributed by atoms with Crippen molar-refractivity contribution >= 4 is 17.9 Å². The first-order valence-corrected chi connectivity index (χ1v) is 4.96. The van der Waals surface area contributed by atoms with E-state index < -0.39 is 24.5 Å². The van der Waals surface area contributed by atoms with E-state index in [2.05, 4.69) is 16.0 Å². The summed E-state index contributed by atoms with van der Waals surface area (Å²) in [5, 5.41) is 15.5. The van der Waals surface area contributed by atoms with Crippen LogP contribution in [0.4, 0.5) is 4.79 Å². The zero-order valence-electron chi connectivity index (χ0n) is 9.00. The summed E-state index contributed by atoms with van der Waals surface area (Å²) >= 11 is 0. The third kappa shape index (κ3) is 4.63. The summed E-state index contributed by atoms with van der Waals surface area (Å²) in [5.41, 5.74) is -0.137. The van der Waals surface area contributed by atoms with Crippen LogP contribution in [0.2, 0.25) is 0 Å². The molecule has 0 aromatic carbocycles. The standard InChI is InChI=1S/C9H15N3O4/c1-9(2-3-9)12-8(16)11-4-6(13)10-5-7(14)15/h2-5H2,1H3,(H,10,13)(H,14,15)(H2,11,12,16). The molecule has 0 atom stereocenters. The van der Waals surface area contributed by atoms with E-state index in [4.69, 9.17) is 5.11 Å². The van der Waals surface area contributed by atoms with Crippen molar-refractivity contribution < 1.29 is 19.5 Å². The number of amides is 3. The number of hydrogen-bond acceptors (Lipinski definition) is 3. The van der Waals surface area contributed by atoms with E-state index in [1.165, 1.54) is 0 Å². The number of carbonyl (C=O) groups is 3. The van der Waals surface area contributed by atoms with Crippen LogP contribution in [-0.4, -0.2) is 41.6 Å². The fourth-order valence-corrected chi connectivity index (χ4v) is 1.03. The predicted molar refractivity (Wildman–Crippen MR) is 54.8 cm³/mol. The number of urea groups is 1. The molecule has 3 amide bonds. The monoisotopic (exact) mass is 229 g/mol. The van der Waals surface area contributed by atoms with Crippen molar-refractivity contribution in [2.24, 2.45) is 0 Å². The van der Waals surface area contributed by atoms with Crippen LogP contribution in [0.15, 0.2) is 0 Å². The van der Waals surface area contributed by atoms with E-state index in [-0.39, 0.29) is 12.1 Å². The van der Waals surface area contributed by atoms with Gasteiger partial charge in [-0.05, 0) is 19.8 Å². The molecule has 7 heteroatoms. The van der Waals surface area contributed by atoms with Crippen molar-refractivity contribution in [3.63, 3.8) is 0 Å². The highest BCUT2D eigenvalue weighted by Crippen LogP contribution is 2.33. The molecular weight excluding hydrogens is 214 g/mol. The lowest BCUT2D eigenvalue weighted by Gasteiger charge is -2.12. The van der Waals surface area contributed by atoms with Crippen LogP contribution < -0.4 is 16.0 Å². The van der Waals surface area contributed by atoms with Crippen molar-refractivity contribution in [2.75, 3.05) is 13.1 Å². The average molecular weight is 229 g/mol. The number of carboxylic acids is 1. The third-order valence-corrected chi connectivity index (χ3v) is 2.26. The summed E-state index contributed by atoms with van der Waals surface area (Å²) < 4.78 is 0.